The molecule has 0 atom stereocenters. The molecule has 0 aliphatic heterocycles. The van der Waals surface area contributed by atoms with Crippen molar-refractivity contribution in [2.75, 3.05) is 13.7 Å². The molecule has 0 heterocycles. The number of rotatable bonds is 8. The molecule has 2 aromatic carbocycles. The summed E-state index contributed by atoms with van der Waals surface area (Å²) in [7, 11) is 1.53. The Morgan fingerprint density at radius 3 is 2.67 bits per heavy atom. The summed E-state index contributed by atoms with van der Waals surface area (Å²) in [6.45, 7) is 0.492. The predicted molar refractivity (Wildman–Crippen MR) is 93.1 cm³/mol. The van der Waals surface area contributed by atoms with E-state index in [9.17, 15) is 4.79 Å². The van der Waals surface area contributed by atoms with Crippen molar-refractivity contribution in [2.45, 2.75) is 13.2 Å². The third-order valence-electron chi connectivity index (χ3n) is 3.21. The van der Waals surface area contributed by atoms with E-state index in [1.165, 1.54) is 7.11 Å². The van der Waals surface area contributed by atoms with Crippen molar-refractivity contribution < 1.29 is 19.4 Å². The van der Waals surface area contributed by atoms with Gasteiger partial charge >= 0.3 is 5.97 Å². The minimum Gasteiger partial charge on any atom is -0.493 e. The zero-order valence-corrected chi connectivity index (χ0v) is 14.5. The van der Waals surface area contributed by atoms with Gasteiger partial charge in [-0.05, 0) is 29.3 Å². The van der Waals surface area contributed by atoms with Crippen LogP contribution in [-0.4, -0.2) is 24.7 Å². The number of halogens is 2. The minimum atomic E-state index is -0.931. The topological polar surface area (TPSA) is 67.8 Å². The van der Waals surface area contributed by atoms with E-state index in [-0.39, 0.29) is 6.54 Å². The first-order valence-corrected chi connectivity index (χ1v) is 7.91. The van der Waals surface area contributed by atoms with Crippen LogP contribution in [0.3, 0.4) is 0 Å². The third kappa shape index (κ3) is 5.30. The van der Waals surface area contributed by atoms with Crippen LogP contribution in [0.2, 0.25) is 10.0 Å². The Morgan fingerprint density at radius 2 is 2.00 bits per heavy atom. The van der Waals surface area contributed by atoms with Gasteiger partial charge in [0.1, 0.15) is 6.61 Å². The lowest BCUT2D eigenvalue weighted by Gasteiger charge is -2.14. The second-order valence-corrected chi connectivity index (χ2v) is 5.85. The molecular formula is C17H17Cl2NO4. The molecule has 128 valence electrons. The SMILES string of the molecule is COc1cc(CNCC(=O)O)c(Cl)cc1OCc1cccc(Cl)c1. The zero-order chi connectivity index (χ0) is 17.5. The number of hydrogen-bond acceptors (Lipinski definition) is 4. The molecule has 0 aliphatic carbocycles. The summed E-state index contributed by atoms with van der Waals surface area (Å²) in [5.41, 5.74) is 1.65. The fraction of sp³-hybridized carbons (Fsp3) is 0.235. The lowest BCUT2D eigenvalue weighted by atomic mass is 10.2. The molecule has 0 aromatic heterocycles. The van der Waals surface area contributed by atoms with Crippen molar-refractivity contribution >= 4 is 29.2 Å². The average Bonchev–Trinajstić information content (AvgIpc) is 2.54. The molecular weight excluding hydrogens is 353 g/mol. The van der Waals surface area contributed by atoms with Crippen molar-refractivity contribution in [2.24, 2.45) is 0 Å². The number of carboxylic acids is 1. The highest BCUT2D eigenvalue weighted by atomic mass is 35.5. The molecule has 24 heavy (non-hydrogen) atoms. The van der Waals surface area contributed by atoms with Gasteiger partial charge in [0.2, 0.25) is 0 Å². The van der Waals surface area contributed by atoms with Crippen LogP contribution >= 0.6 is 23.2 Å². The van der Waals surface area contributed by atoms with Gasteiger partial charge in [0.15, 0.2) is 11.5 Å². The molecule has 0 bridgehead atoms. The molecule has 0 aliphatic rings. The summed E-state index contributed by atoms with van der Waals surface area (Å²) in [5.74, 6) is 0.0950. The predicted octanol–water partition coefficient (Wildman–Crippen LogP) is 3.76. The fourth-order valence-corrected chi connectivity index (χ4v) is 2.51. The van der Waals surface area contributed by atoms with Gasteiger partial charge in [0.25, 0.3) is 0 Å². The maximum Gasteiger partial charge on any atom is 0.317 e. The van der Waals surface area contributed by atoms with E-state index >= 15 is 0 Å². The van der Waals surface area contributed by atoms with Crippen molar-refractivity contribution in [3.05, 3.63) is 57.6 Å². The summed E-state index contributed by atoms with van der Waals surface area (Å²) < 4.78 is 11.1. The first-order valence-electron chi connectivity index (χ1n) is 7.15. The maximum absolute atomic E-state index is 10.5. The van der Waals surface area contributed by atoms with Crippen LogP contribution in [-0.2, 0) is 17.9 Å². The summed E-state index contributed by atoms with van der Waals surface area (Å²) >= 11 is 12.2. The van der Waals surface area contributed by atoms with Gasteiger partial charge in [-0.1, -0.05) is 35.3 Å². The molecule has 0 unspecified atom stereocenters. The molecule has 2 rings (SSSR count). The normalized spacial score (nSPS) is 10.5. The Morgan fingerprint density at radius 1 is 1.21 bits per heavy atom. The first-order chi connectivity index (χ1) is 11.5. The van der Waals surface area contributed by atoms with Gasteiger partial charge in [-0.25, -0.2) is 0 Å². The third-order valence-corrected chi connectivity index (χ3v) is 3.79. The molecule has 7 heteroatoms. The average molecular weight is 370 g/mol. The number of ether oxygens (including phenoxy) is 2. The minimum absolute atomic E-state index is 0.147. The van der Waals surface area contributed by atoms with Gasteiger partial charge in [0.05, 0.1) is 13.7 Å². The Labute approximate surface area is 150 Å². The van der Waals surface area contributed by atoms with Gasteiger partial charge < -0.3 is 19.9 Å². The van der Waals surface area contributed by atoms with Crippen LogP contribution in [0.1, 0.15) is 11.1 Å². The van der Waals surface area contributed by atoms with Crippen LogP contribution < -0.4 is 14.8 Å². The lowest BCUT2D eigenvalue weighted by Crippen LogP contribution is -2.22. The van der Waals surface area contributed by atoms with Crippen LogP contribution in [0.4, 0.5) is 0 Å². The molecule has 0 saturated heterocycles. The van der Waals surface area contributed by atoms with Gasteiger partial charge in [-0.2, -0.15) is 0 Å². The van der Waals surface area contributed by atoms with Crippen LogP contribution in [0.5, 0.6) is 11.5 Å². The van der Waals surface area contributed by atoms with Crippen molar-refractivity contribution in [3.8, 4) is 11.5 Å². The van der Waals surface area contributed by atoms with Gasteiger partial charge in [-0.15, -0.1) is 0 Å². The van der Waals surface area contributed by atoms with E-state index in [0.29, 0.717) is 34.7 Å². The highest BCUT2D eigenvalue weighted by Crippen LogP contribution is 2.34. The zero-order valence-electron chi connectivity index (χ0n) is 13.0. The lowest BCUT2D eigenvalue weighted by molar-refractivity contribution is -0.135. The van der Waals surface area contributed by atoms with E-state index in [1.807, 2.05) is 18.2 Å². The molecule has 2 aromatic rings. The number of carboxylic acid groups (broad SMARTS) is 1. The fourth-order valence-electron chi connectivity index (χ4n) is 2.08. The molecule has 0 saturated carbocycles. The van der Waals surface area contributed by atoms with Gasteiger partial charge in [-0.3, -0.25) is 4.79 Å². The number of hydrogen-bond donors (Lipinski definition) is 2. The Kier molecular flexibility index (Phi) is 6.73. The maximum atomic E-state index is 10.5. The van der Waals surface area contributed by atoms with Crippen LogP contribution in [0, 0.1) is 0 Å². The summed E-state index contributed by atoms with van der Waals surface area (Å²) in [6, 6.07) is 10.8. The standard InChI is InChI=1S/C17H17Cl2NO4/c1-23-15-6-12(8-20-9-17(21)22)14(19)7-16(15)24-10-11-3-2-4-13(18)5-11/h2-7,20H,8-10H2,1H3,(H,21,22). The highest BCUT2D eigenvalue weighted by molar-refractivity contribution is 6.31. The van der Waals surface area contributed by atoms with E-state index in [1.54, 1.807) is 18.2 Å². The molecule has 2 N–H and O–H groups in total. The smallest absolute Gasteiger partial charge is 0.317 e. The summed E-state index contributed by atoms with van der Waals surface area (Å²) in [4.78, 5) is 10.5. The number of methoxy groups -OCH3 is 1. The molecule has 0 fully saturated rings. The Hall–Kier alpha value is -1.95. The summed E-state index contributed by atoms with van der Waals surface area (Å²) in [5, 5.41) is 12.5. The highest BCUT2D eigenvalue weighted by Gasteiger charge is 2.11. The van der Waals surface area contributed by atoms with E-state index < -0.39 is 5.97 Å². The molecule has 0 amide bonds. The number of aliphatic carboxylic acids is 1. The van der Waals surface area contributed by atoms with Crippen LogP contribution in [0.25, 0.3) is 0 Å². The number of benzene rings is 2. The number of nitrogens with one attached hydrogen (secondary N) is 1. The van der Waals surface area contributed by atoms with Crippen LogP contribution in [0.15, 0.2) is 36.4 Å². The summed E-state index contributed by atoms with van der Waals surface area (Å²) in [6.07, 6.45) is 0. The molecule has 0 spiro atoms. The second-order valence-electron chi connectivity index (χ2n) is 5.01. The van der Waals surface area contributed by atoms with Crippen molar-refractivity contribution in [1.82, 2.24) is 5.32 Å². The molecule has 0 radical (unpaired) electrons. The first kappa shape index (κ1) is 18.4. The molecule has 5 nitrogen and oxygen atoms in total. The second kappa shape index (κ2) is 8.78. The van der Waals surface area contributed by atoms with E-state index in [0.717, 1.165) is 11.1 Å². The van der Waals surface area contributed by atoms with Gasteiger partial charge in [0, 0.05) is 22.7 Å². The van der Waals surface area contributed by atoms with Crippen molar-refractivity contribution in [1.29, 1.82) is 0 Å². The largest absolute Gasteiger partial charge is 0.493 e. The Balaban J connectivity index is 2.09. The van der Waals surface area contributed by atoms with E-state index in [4.69, 9.17) is 37.8 Å². The quantitative estimate of drug-likeness (QED) is 0.741. The van der Waals surface area contributed by atoms with Crippen molar-refractivity contribution in [3.63, 3.8) is 0 Å². The number of carbonyl (C=O) groups is 1. The Bertz CT molecular complexity index is 722. The monoisotopic (exact) mass is 369 g/mol. The van der Waals surface area contributed by atoms with E-state index in [2.05, 4.69) is 5.32 Å².